The van der Waals surface area contributed by atoms with E-state index in [1.54, 1.807) is 12.4 Å². The van der Waals surface area contributed by atoms with Gasteiger partial charge in [-0.25, -0.2) is 0 Å². The summed E-state index contributed by atoms with van der Waals surface area (Å²) >= 11 is 0. The lowest BCUT2D eigenvalue weighted by Crippen LogP contribution is -2.38. The average Bonchev–Trinajstić information content (AvgIpc) is 3.05. The highest BCUT2D eigenvalue weighted by atomic mass is 16.5. The highest BCUT2D eigenvalue weighted by molar-refractivity contribution is 5.76. The molecular formula is C15H18N4O2. The van der Waals surface area contributed by atoms with E-state index >= 15 is 0 Å². The maximum Gasteiger partial charge on any atom is 0.249 e. The number of aromatic nitrogens is 3. The van der Waals surface area contributed by atoms with Crippen LogP contribution in [0.15, 0.2) is 29.0 Å². The van der Waals surface area contributed by atoms with E-state index in [0.29, 0.717) is 18.1 Å². The zero-order chi connectivity index (χ0) is 14.7. The summed E-state index contributed by atoms with van der Waals surface area (Å²) < 4.78 is 5.41. The first kappa shape index (κ1) is 13.7. The third-order valence-electron chi connectivity index (χ3n) is 3.79. The van der Waals surface area contributed by atoms with Gasteiger partial charge in [0.15, 0.2) is 0 Å². The van der Waals surface area contributed by atoms with Crippen molar-refractivity contribution in [2.24, 2.45) is 0 Å². The first-order valence-electron chi connectivity index (χ1n) is 7.33. The van der Waals surface area contributed by atoms with E-state index in [4.69, 9.17) is 4.52 Å². The van der Waals surface area contributed by atoms with Crippen LogP contribution in [-0.4, -0.2) is 32.5 Å². The number of pyridine rings is 1. The van der Waals surface area contributed by atoms with Crippen LogP contribution in [0.2, 0.25) is 0 Å². The maximum absolute atomic E-state index is 12.1. The van der Waals surface area contributed by atoms with Crippen molar-refractivity contribution < 1.29 is 9.32 Å². The lowest BCUT2D eigenvalue weighted by molar-refractivity contribution is -0.135. The predicted molar refractivity (Wildman–Crippen MR) is 76.1 cm³/mol. The molecule has 1 aliphatic heterocycles. The molecule has 0 radical (unpaired) electrons. The van der Waals surface area contributed by atoms with Crippen molar-refractivity contribution in [1.29, 1.82) is 0 Å². The molecule has 6 heteroatoms. The normalized spacial score (nSPS) is 18.7. The molecule has 0 saturated carbocycles. The van der Waals surface area contributed by atoms with Gasteiger partial charge in [-0.3, -0.25) is 9.78 Å². The lowest BCUT2D eigenvalue weighted by Gasteiger charge is -2.33. The molecule has 6 nitrogen and oxygen atoms in total. The molecule has 0 bridgehead atoms. The summed E-state index contributed by atoms with van der Waals surface area (Å²) in [6, 6.07) is 3.59. The molecule has 1 amide bonds. The molecule has 3 rings (SSSR count). The summed E-state index contributed by atoms with van der Waals surface area (Å²) in [7, 11) is 0. The predicted octanol–water partition coefficient (Wildman–Crippen LogP) is 2.60. The number of hydrogen-bond acceptors (Lipinski definition) is 5. The molecule has 1 unspecified atom stereocenters. The zero-order valence-corrected chi connectivity index (χ0v) is 12.0. The number of likely N-dealkylation sites (tertiary alicyclic amines) is 1. The molecule has 21 heavy (non-hydrogen) atoms. The molecule has 2 aromatic rings. The number of amides is 1. The second kappa shape index (κ2) is 6.03. The van der Waals surface area contributed by atoms with Crippen LogP contribution < -0.4 is 0 Å². The monoisotopic (exact) mass is 286 g/mol. The number of hydrogen-bond donors (Lipinski definition) is 0. The number of carbonyl (C=O) groups excluding carboxylic acids is 1. The Balaban J connectivity index is 1.86. The number of rotatable bonds is 3. The van der Waals surface area contributed by atoms with Gasteiger partial charge in [-0.05, 0) is 31.4 Å². The minimum Gasteiger partial charge on any atom is -0.337 e. The van der Waals surface area contributed by atoms with E-state index in [-0.39, 0.29) is 11.9 Å². The second-order valence-corrected chi connectivity index (χ2v) is 5.14. The lowest BCUT2D eigenvalue weighted by atomic mass is 10.0. The fraction of sp³-hybridized carbons (Fsp3) is 0.467. The summed E-state index contributed by atoms with van der Waals surface area (Å²) in [5, 5.41) is 4.03. The Morgan fingerprint density at radius 1 is 1.38 bits per heavy atom. The zero-order valence-electron chi connectivity index (χ0n) is 12.0. The van der Waals surface area contributed by atoms with Crippen molar-refractivity contribution in [3.63, 3.8) is 0 Å². The summed E-state index contributed by atoms with van der Waals surface area (Å²) in [6.07, 6.45) is 6.88. The number of nitrogens with zero attached hydrogens (tertiary/aromatic N) is 4. The third-order valence-corrected chi connectivity index (χ3v) is 3.79. The molecule has 110 valence electrons. The fourth-order valence-corrected chi connectivity index (χ4v) is 2.68. The Bertz CT molecular complexity index is 611. The van der Waals surface area contributed by atoms with E-state index in [1.165, 1.54) is 0 Å². The standard InChI is InChI=1S/C15H18N4O2/c1-2-13(20)19-10-4-3-5-12(19)15-17-14(18-21-15)11-6-8-16-9-7-11/h6-9,12H,2-5,10H2,1H3. The molecule has 0 aromatic carbocycles. The topological polar surface area (TPSA) is 72.1 Å². The molecule has 1 fully saturated rings. The second-order valence-electron chi connectivity index (χ2n) is 5.14. The Morgan fingerprint density at radius 3 is 2.95 bits per heavy atom. The fourth-order valence-electron chi connectivity index (χ4n) is 2.68. The van der Waals surface area contributed by atoms with Crippen LogP contribution in [0, 0.1) is 0 Å². The van der Waals surface area contributed by atoms with Crippen LogP contribution in [0.4, 0.5) is 0 Å². The van der Waals surface area contributed by atoms with E-state index in [9.17, 15) is 4.79 Å². The van der Waals surface area contributed by atoms with Crippen molar-refractivity contribution in [3.05, 3.63) is 30.4 Å². The van der Waals surface area contributed by atoms with E-state index in [1.807, 2.05) is 24.0 Å². The van der Waals surface area contributed by atoms with Crippen LogP contribution in [0.5, 0.6) is 0 Å². The van der Waals surface area contributed by atoms with Gasteiger partial charge in [0, 0.05) is 30.9 Å². The summed E-state index contributed by atoms with van der Waals surface area (Å²) in [6.45, 7) is 2.65. The van der Waals surface area contributed by atoms with Crippen LogP contribution in [0.1, 0.15) is 44.5 Å². The SMILES string of the molecule is CCC(=O)N1CCCCC1c1nc(-c2ccncc2)no1. The van der Waals surface area contributed by atoms with Gasteiger partial charge in [-0.1, -0.05) is 12.1 Å². The van der Waals surface area contributed by atoms with Gasteiger partial charge in [-0.15, -0.1) is 0 Å². The molecule has 0 aliphatic carbocycles. The summed E-state index contributed by atoms with van der Waals surface area (Å²) in [5.74, 6) is 1.22. The van der Waals surface area contributed by atoms with Gasteiger partial charge in [0.05, 0.1) is 0 Å². The summed E-state index contributed by atoms with van der Waals surface area (Å²) in [5.41, 5.74) is 0.865. The Morgan fingerprint density at radius 2 is 2.19 bits per heavy atom. The molecule has 1 saturated heterocycles. The smallest absolute Gasteiger partial charge is 0.249 e. The largest absolute Gasteiger partial charge is 0.337 e. The molecule has 0 spiro atoms. The minimum atomic E-state index is -0.0886. The van der Waals surface area contributed by atoms with Crippen molar-refractivity contribution in [1.82, 2.24) is 20.0 Å². The Labute approximate surface area is 123 Å². The van der Waals surface area contributed by atoms with Gasteiger partial charge in [0.25, 0.3) is 0 Å². The van der Waals surface area contributed by atoms with Crippen LogP contribution in [0.25, 0.3) is 11.4 Å². The van der Waals surface area contributed by atoms with Crippen LogP contribution in [0.3, 0.4) is 0 Å². The maximum atomic E-state index is 12.1. The van der Waals surface area contributed by atoms with E-state index in [2.05, 4.69) is 15.1 Å². The van der Waals surface area contributed by atoms with Crippen molar-refractivity contribution >= 4 is 5.91 Å². The van der Waals surface area contributed by atoms with Gasteiger partial charge >= 0.3 is 0 Å². The van der Waals surface area contributed by atoms with Crippen LogP contribution >= 0.6 is 0 Å². The van der Waals surface area contributed by atoms with Gasteiger partial charge in [-0.2, -0.15) is 4.98 Å². The van der Waals surface area contributed by atoms with Crippen molar-refractivity contribution in [2.75, 3.05) is 6.54 Å². The quantitative estimate of drug-likeness (QED) is 0.867. The summed E-state index contributed by atoms with van der Waals surface area (Å²) in [4.78, 5) is 22.4. The van der Waals surface area contributed by atoms with Crippen LogP contribution in [-0.2, 0) is 4.79 Å². The van der Waals surface area contributed by atoms with Crippen molar-refractivity contribution in [3.8, 4) is 11.4 Å². The third kappa shape index (κ3) is 2.79. The first-order chi connectivity index (χ1) is 10.3. The van der Waals surface area contributed by atoms with E-state index in [0.717, 1.165) is 31.4 Å². The van der Waals surface area contributed by atoms with Crippen molar-refractivity contribution in [2.45, 2.75) is 38.6 Å². The number of carbonyl (C=O) groups is 1. The highest BCUT2D eigenvalue weighted by Crippen LogP contribution is 2.31. The van der Waals surface area contributed by atoms with Gasteiger partial charge in [0.2, 0.25) is 17.6 Å². The minimum absolute atomic E-state index is 0.0886. The molecule has 3 heterocycles. The molecule has 2 aromatic heterocycles. The first-order valence-corrected chi connectivity index (χ1v) is 7.33. The Hall–Kier alpha value is -2.24. The van der Waals surface area contributed by atoms with Gasteiger partial charge < -0.3 is 9.42 Å². The van der Waals surface area contributed by atoms with E-state index < -0.39 is 0 Å². The Kier molecular flexibility index (Phi) is 3.94. The number of piperidine rings is 1. The van der Waals surface area contributed by atoms with Gasteiger partial charge in [0.1, 0.15) is 6.04 Å². The average molecular weight is 286 g/mol. The molecule has 1 atom stereocenters. The highest BCUT2D eigenvalue weighted by Gasteiger charge is 2.31. The molecular weight excluding hydrogens is 268 g/mol. The molecule has 1 aliphatic rings. The molecule has 0 N–H and O–H groups in total.